The Kier molecular flexibility index (Phi) is 2.51. The Morgan fingerprint density at radius 1 is 1.56 bits per heavy atom. The van der Waals surface area contributed by atoms with Crippen LogP contribution in [-0.2, 0) is 6.54 Å². The van der Waals surface area contributed by atoms with Gasteiger partial charge in [0, 0.05) is 24.8 Å². The van der Waals surface area contributed by atoms with E-state index >= 15 is 0 Å². The van der Waals surface area contributed by atoms with Crippen LogP contribution in [0.15, 0.2) is 10.9 Å². The molecule has 0 unspecified atom stereocenters. The molecule has 0 saturated carbocycles. The lowest BCUT2D eigenvalue weighted by molar-refractivity contribution is -0.0872. The predicted octanol–water partition coefficient (Wildman–Crippen LogP) is 0.0260. The molecule has 1 fully saturated rings. The van der Waals surface area contributed by atoms with Gasteiger partial charge in [0.25, 0.3) is 5.56 Å². The van der Waals surface area contributed by atoms with Gasteiger partial charge in [0.2, 0.25) is 4.96 Å². The van der Waals surface area contributed by atoms with Crippen molar-refractivity contribution in [2.24, 2.45) is 0 Å². The quantitative estimate of drug-likeness (QED) is 0.830. The molecule has 1 saturated heterocycles. The molecule has 3 rings (SSSR count). The van der Waals surface area contributed by atoms with Gasteiger partial charge in [-0.1, -0.05) is 11.3 Å². The van der Waals surface area contributed by atoms with Crippen LogP contribution >= 0.6 is 11.3 Å². The molecule has 18 heavy (non-hydrogen) atoms. The van der Waals surface area contributed by atoms with E-state index in [-0.39, 0.29) is 5.56 Å². The molecule has 1 aliphatic rings. The van der Waals surface area contributed by atoms with Crippen LogP contribution < -0.4 is 5.56 Å². The van der Waals surface area contributed by atoms with E-state index in [2.05, 4.69) is 15.0 Å². The van der Waals surface area contributed by atoms with E-state index in [1.54, 1.807) is 6.92 Å². The molecule has 0 bridgehead atoms. The molecule has 7 heteroatoms. The summed E-state index contributed by atoms with van der Waals surface area (Å²) in [5.41, 5.74) is -0.0137. The fourth-order valence-corrected chi connectivity index (χ4v) is 3.23. The summed E-state index contributed by atoms with van der Waals surface area (Å²) in [6.07, 6.45) is 0. The van der Waals surface area contributed by atoms with Crippen molar-refractivity contribution >= 4 is 16.3 Å². The number of hydrogen-bond acceptors (Lipinski definition) is 6. The molecule has 2 aromatic rings. The molecule has 96 valence electrons. The van der Waals surface area contributed by atoms with Gasteiger partial charge < -0.3 is 5.11 Å². The van der Waals surface area contributed by atoms with E-state index in [0.717, 1.165) is 5.01 Å². The Morgan fingerprint density at radius 3 is 2.94 bits per heavy atom. The van der Waals surface area contributed by atoms with Gasteiger partial charge in [0.05, 0.1) is 12.1 Å². The molecule has 0 amide bonds. The minimum Gasteiger partial charge on any atom is -0.388 e. The highest BCUT2D eigenvalue weighted by atomic mass is 32.1. The van der Waals surface area contributed by atoms with Gasteiger partial charge in [0.15, 0.2) is 0 Å². The zero-order valence-electron chi connectivity index (χ0n) is 10.3. The maximum absolute atomic E-state index is 11.7. The average molecular weight is 266 g/mol. The predicted molar refractivity (Wildman–Crippen MR) is 67.8 cm³/mol. The number of rotatable bonds is 2. The lowest BCUT2D eigenvalue weighted by atomic mass is 9.97. The van der Waals surface area contributed by atoms with Gasteiger partial charge in [-0.15, -0.1) is 0 Å². The summed E-state index contributed by atoms with van der Waals surface area (Å²) in [5.74, 6) is 0. The summed E-state index contributed by atoms with van der Waals surface area (Å²) in [4.78, 5) is 18.7. The molecule has 0 aromatic carbocycles. The van der Waals surface area contributed by atoms with Gasteiger partial charge >= 0.3 is 0 Å². The van der Waals surface area contributed by atoms with Crippen LogP contribution in [0.2, 0.25) is 0 Å². The van der Waals surface area contributed by atoms with Crippen molar-refractivity contribution in [3.8, 4) is 0 Å². The normalized spacial score (nSPS) is 19.1. The molecular formula is C11H14N4O2S. The van der Waals surface area contributed by atoms with Crippen molar-refractivity contribution in [1.82, 2.24) is 19.5 Å². The van der Waals surface area contributed by atoms with Crippen LogP contribution in [0.3, 0.4) is 0 Å². The molecule has 3 heterocycles. The van der Waals surface area contributed by atoms with Gasteiger partial charge in [-0.3, -0.25) is 9.69 Å². The fraction of sp³-hybridized carbons (Fsp3) is 0.545. The third-order valence-corrected chi connectivity index (χ3v) is 3.80. The zero-order chi connectivity index (χ0) is 12.9. The maximum Gasteiger partial charge on any atom is 0.275 e. The average Bonchev–Trinajstić information content (AvgIpc) is 2.57. The number of aliphatic hydroxyl groups is 1. The van der Waals surface area contributed by atoms with Crippen LogP contribution in [0.5, 0.6) is 0 Å². The Labute approximate surface area is 108 Å². The molecule has 1 aliphatic heterocycles. The summed E-state index contributed by atoms with van der Waals surface area (Å²) in [6, 6.07) is 1.48. The molecule has 1 N–H and O–H groups in total. The number of fused-ring (bicyclic) bond motifs is 1. The maximum atomic E-state index is 11.7. The molecule has 2 aromatic heterocycles. The summed E-state index contributed by atoms with van der Waals surface area (Å²) in [6.45, 7) is 5.56. The SMILES string of the molecule is Cc1cc(=O)n2nc(CN3CC(C)(O)C3)sc2n1. The van der Waals surface area contributed by atoms with E-state index < -0.39 is 5.60 Å². The number of likely N-dealkylation sites (tertiary alicyclic amines) is 1. The van der Waals surface area contributed by atoms with E-state index in [9.17, 15) is 9.90 Å². The summed E-state index contributed by atoms with van der Waals surface area (Å²) < 4.78 is 1.34. The third kappa shape index (κ3) is 2.05. The number of β-amino-alcohol motifs (C(OH)–C–C–N with tert-alkyl or cyclic N) is 1. The van der Waals surface area contributed by atoms with Gasteiger partial charge in [-0.25, -0.2) is 4.98 Å². The second kappa shape index (κ2) is 3.84. The minimum atomic E-state index is -0.581. The molecule has 0 spiro atoms. The Balaban J connectivity index is 1.86. The second-order valence-corrected chi connectivity index (χ2v) is 6.11. The van der Waals surface area contributed by atoms with Crippen molar-refractivity contribution in [2.45, 2.75) is 26.0 Å². The highest BCUT2D eigenvalue weighted by Gasteiger charge is 2.36. The van der Waals surface area contributed by atoms with Crippen molar-refractivity contribution < 1.29 is 5.11 Å². The zero-order valence-corrected chi connectivity index (χ0v) is 11.1. The Morgan fingerprint density at radius 2 is 2.28 bits per heavy atom. The fourth-order valence-electron chi connectivity index (χ4n) is 2.24. The van der Waals surface area contributed by atoms with Crippen LogP contribution in [0.25, 0.3) is 4.96 Å². The molecular weight excluding hydrogens is 252 g/mol. The minimum absolute atomic E-state index is 0.143. The summed E-state index contributed by atoms with van der Waals surface area (Å²) in [7, 11) is 0. The number of aromatic nitrogens is 3. The summed E-state index contributed by atoms with van der Waals surface area (Å²) in [5, 5.41) is 14.8. The standard InChI is InChI=1S/C11H14N4O2S/c1-7-3-9(16)15-10(12-7)18-8(13-15)4-14-5-11(2,17)6-14/h3,17H,4-6H2,1-2H3. The van der Waals surface area contributed by atoms with Crippen molar-refractivity contribution in [3.63, 3.8) is 0 Å². The van der Waals surface area contributed by atoms with Crippen molar-refractivity contribution in [1.29, 1.82) is 0 Å². The van der Waals surface area contributed by atoms with Gasteiger partial charge in [0.1, 0.15) is 5.01 Å². The lowest BCUT2D eigenvalue weighted by Gasteiger charge is -2.43. The van der Waals surface area contributed by atoms with E-state index in [4.69, 9.17) is 0 Å². The van der Waals surface area contributed by atoms with Gasteiger partial charge in [-0.05, 0) is 13.8 Å². The first-order valence-electron chi connectivity index (χ1n) is 5.74. The topological polar surface area (TPSA) is 70.7 Å². The highest BCUT2D eigenvalue weighted by Crippen LogP contribution is 2.23. The van der Waals surface area contributed by atoms with Crippen LogP contribution in [-0.4, -0.2) is 43.3 Å². The van der Waals surface area contributed by atoms with Crippen molar-refractivity contribution in [3.05, 3.63) is 27.1 Å². The Hall–Kier alpha value is -1.31. The number of aryl methyl sites for hydroxylation is 1. The second-order valence-electron chi connectivity index (χ2n) is 5.07. The van der Waals surface area contributed by atoms with Crippen molar-refractivity contribution in [2.75, 3.05) is 13.1 Å². The van der Waals surface area contributed by atoms with Crippen LogP contribution in [0.4, 0.5) is 0 Å². The Bertz CT molecular complexity index is 653. The first-order chi connectivity index (χ1) is 8.43. The monoisotopic (exact) mass is 266 g/mol. The highest BCUT2D eigenvalue weighted by molar-refractivity contribution is 7.16. The first-order valence-corrected chi connectivity index (χ1v) is 6.56. The largest absolute Gasteiger partial charge is 0.388 e. The van der Waals surface area contributed by atoms with Gasteiger partial charge in [-0.2, -0.15) is 9.61 Å². The van der Waals surface area contributed by atoms with Crippen LogP contribution in [0.1, 0.15) is 17.6 Å². The van der Waals surface area contributed by atoms with Crippen LogP contribution in [0, 0.1) is 6.92 Å². The number of nitrogens with zero attached hydrogens (tertiary/aromatic N) is 4. The van der Waals surface area contributed by atoms with E-state index in [1.807, 2.05) is 6.92 Å². The molecule has 0 aliphatic carbocycles. The first kappa shape index (κ1) is 11.8. The lowest BCUT2D eigenvalue weighted by Crippen LogP contribution is -2.59. The van der Waals surface area contributed by atoms with E-state index in [0.29, 0.717) is 30.3 Å². The third-order valence-electron chi connectivity index (χ3n) is 2.90. The molecule has 6 nitrogen and oxygen atoms in total. The number of hydrogen-bond donors (Lipinski definition) is 1. The molecule has 0 radical (unpaired) electrons. The van der Waals surface area contributed by atoms with E-state index in [1.165, 1.54) is 21.9 Å². The smallest absolute Gasteiger partial charge is 0.275 e. The molecule has 0 atom stereocenters. The summed E-state index contributed by atoms with van der Waals surface area (Å²) >= 11 is 1.42.